The van der Waals surface area contributed by atoms with Crippen molar-refractivity contribution in [3.63, 3.8) is 0 Å². The largest absolute Gasteiger partial charge is 0.377 e. The SMILES string of the molecule is CCOCc1ccccc1NS(=O)(=O)c1cccnc1Cl. The van der Waals surface area contributed by atoms with E-state index in [4.69, 9.17) is 16.3 Å². The van der Waals surface area contributed by atoms with Gasteiger partial charge in [0.1, 0.15) is 10.0 Å². The summed E-state index contributed by atoms with van der Waals surface area (Å²) in [6.45, 7) is 2.76. The third-order valence-electron chi connectivity index (χ3n) is 2.74. The second-order valence-electron chi connectivity index (χ2n) is 4.19. The van der Waals surface area contributed by atoms with Crippen LogP contribution in [0.5, 0.6) is 0 Å². The first-order valence-corrected chi connectivity index (χ1v) is 8.19. The molecule has 1 N–H and O–H groups in total. The molecule has 0 aliphatic carbocycles. The van der Waals surface area contributed by atoms with Crippen LogP contribution in [0.25, 0.3) is 0 Å². The average molecular weight is 327 g/mol. The van der Waals surface area contributed by atoms with Gasteiger partial charge >= 0.3 is 0 Å². The van der Waals surface area contributed by atoms with Crippen molar-refractivity contribution in [2.75, 3.05) is 11.3 Å². The Morgan fingerprint density at radius 3 is 2.71 bits per heavy atom. The molecular formula is C14H15ClN2O3S. The summed E-state index contributed by atoms with van der Waals surface area (Å²) in [5, 5.41) is -0.0627. The number of sulfonamides is 1. The van der Waals surface area contributed by atoms with Gasteiger partial charge in [-0.15, -0.1) is 0 Å². The Hall–Kier alpha value is -1.63. The Bertz CT molecular complexity index is 720. The van der Waals surface area contributed by atoms with Gasteiger partial charge in [0.15, 0.2) is 0 Å². The number of nitrogens with one attached hydrogen (secondary N) is 1. The highest BCUT2D eigenvalue weighted by Gasteiger charge is 2.19. The van der Waals surface area contributed by atoms with E-state index in [9.17, 15) is 8.42 Å². The van der Waals surface area contributed by atoms with E-state index >= 15 is 0 Å². The van der Waals surface area contributed by atoms with Crippen LogP contribution < -0.4 is 4.72 Å². The first kappa shape index (κ1) is 15.8. The molecule has 0 unspecified atom stereocenters. The van der Waals surface area contributed by atoms with Gasteiger partial charge < -0.3 is 4.74 Å². The number of halogens is 1. The van der Waals surface area contributed by atoms with Crippen LogP contribution in [0.4, 0.5) is 5.69 Å². The molecule has 0 radical (unpaired) electrons. The van der Waals surface area contributed by atoms with Gasteiger partial charge in [-0.05, 0) is 25.1 Å². The molecule has 0 aliphatic heterocycles. The molecule has 1 aromatic heterocycles. The molecular weight excluding hydrogens is 312 g/mol. The molecule has 2 rings (SSSR count). The summed E-state index contributed by atoms with van der Waals surface area (Å²) in [4.78, 5) is 3.72. The molecule has 0 saturated heterocycles. The Morgan fingerprint density at radius 1 is 1.24 bits per heavy atom. The molecule has 1 heterocycles. The fraction of sp³-hybridized carbons (Fsp3) is 0.214. The van der Waals surface area contributed by atoms with Crippen LogP contribution in [0.2, 0.25) is 5.15 Å². The monoisotopic (exact) mass is 326 g/mol. The molecule has 5 nitrogen and oxygen atoms in total. The summed E-state index contributed by atoms with van der Waals surface area (Å²) in [5.74, 6) is 0. The fourth-order valence-electron chi connectivity index (χ4n) is 1.73. The fourth-order valence-corrected chi connectivity index (χ4v) is 3.28. The third-order valence-corrected chi connectivity index (χ3v) is 4.55. The van der Waals surface area contributed by atoms with Crippen LogP contribution in [0.15, 0.2) is 47.5 Å². The van der Waals surface area contributed by atoms with E-state index in [0.717, 1.165) is 5.56 Å². The van der Waals surface area contributed by atoms with Crippen molar-refractivity contribution >= 4 is 27.3 Å². The van der Waals surface area contributed by atoms with E-state index in [1.807, 2.05) is 13.0 Å². The number of aromatic nitrogens is 1. The maximum Gasteiger partial charge on any atom is 0.264 e. The van der Waals surface area contributed by atoms with Crippen LogP contribution >= 0.6 is 11.6 Å². The lowest BCUT2D eigenvalue weighted by molar-refractivity contribution is 0.134. The van der Waals surface area contributed by atoms with Gasteiger partial charge in [-0.1, -0.05) is 29.8 Å². The summed E-state index contributed by atoms with van der Waals surface area (Å²) < 4.78 is 32.6. The molecule has 1 aromatic carbocycles. The number of rotatable bonds is 6. The van der Waals surface area contributed by atoms with E-state index in [2.05, 4.69) is 9.71 Å². The molecule has 21 heavy (non-hydrogen) atoms. The highest BCUT2D eigenvalue weighted by Crippen LogP contribution is 2.23. The van der Waals surface area contributed by atoms with Crippen LogP contribution in [0, 0.1) is 0 Å². The van der Waals surface area contributed by atoms with Gasteiger partial charge in [-0.3, -0.25) is 4.72 Å². The lowest BCUT2D eigenvalue weighted by atomic mass is 10.2. The number of pyridine rings is 1. The maximum absolute atomic E-state index is 12.4. The molecule has 0 aliphatic rings. The Balaban J connectivity index is 2.31. The highest BCUT2D eigenvalue weighted by atomic mass is 35.5. The quantitative estimate of drug-likeness (QED) is 0.828. The summed E-state index contributed by atoms with van der Waals surface area (Å²) in [7, 11) is -3.79. The van der Waals surface area contributed by atoms with Crippen molar-refractivity contribution in [1.82, 2.24) is 4.98 Å². The first-order valence-electron chi connectivity index (χ1n) is 6.33. The Morgan fingerprint density at radius 2 is 2.00 bits per heavy atom. The van der Waals surface area contributed by atoms with Gasteiger partial charge in [0.25, 0.3) is 10.0 Å². The molecule has 0 fully saturated rings. The predicted molar refractivity (Wildman–Crippen MR) is 81.8 cm³/mol. The number of benzene rings is 1. The Labute approximate surface area is 129 Å². The molecule has 112 valence electrons. The Kier molecular flexibility index (Phi) is 5.17. The van der Waals surface area contributed by atoms with Crippen molar-refractivity contribution in [2.45, 2.75) is 18.4 Å². The van der Waals surface area contributed by atoms with E-state index < -0.39 is 10.0 Å². The minimum Gasteiger partial charge on any atom is -0.377 e. The second kappa shape index (κ2) is 6.89. The van der Waals surface area contributed by atoms with Gasteiger partial charge in [0.2, 0.25) is 0 Å². The minimum absolute atomic E-state index is 0.0575. The maximum atomic E-state index is 12.4. The van der Waals surface area contributed by atoms with Crippen molar-refractivity contribution in [3.05, 3.63) is 53.3 Å². The summed E-state index contributed by atoms with van der Waals surface area (Å²) >= 11 is 5.84. The van der Waals surface area contributed by atoms with Crippen molar-refractivity contribution in [2.24, 2.45) is 0 Å². The summed E-state index contributed by atoms with van der Waals surface area (Å²) in [6, 6.07) is 9.98. The molecule has 0 saturated carbocycles. The normalized spacial score (nSPS) is 11.3. The van der Waals surface area contributed by atoms with Crippen LogP contribution in [0.3, 0.4) is 0 Å². The highest BCUT2D eigenvalue weighted by molar-refractivity contribution is 7.92. The second-order valence-corrected chi connectivity index (χ2v) is 6.20. The van der Waals surface area contributed by atoms with E-state index in [1.54, 1.807) is 18.2 Å². The van der Waals surface area contributed by atoms with Crippen molar-refractivity contribution in [3.8, 4) is 0 Å². The first-order chi connectivity index (χ1) is 10.0. The van der Waals surface area contributed by atoms with E-state index in [-0.39, 0.29) is 10.0 Å². The summed E-state index contributed by atoms with van der Waals surface area (Å²) in [5.41, 5.74) is 1.22. The third kappa shape index (κ3) is 3.93. The molecule has 2 aromatic rings. The van der Waals surface area contributed by atoms with Crippen LogP contribution in [-0.4, -0.2) is 20.0 Å². The van der Waals surface area contributed by atoms with E-state index in [0.29, 0.717) is 18.9 Å². The minimum atomic E-state index is -3.79. The molecule has 0 atom stereocenters. The van der Waals surface area contributed by atoms with Crippen molar-refractivity contribution in [1.29, 1.82) is 0 Å². The van der Waals surface area contributed by atoms with Crippen LogP contribution in [-0.2, 0) is 21.4 Å². The van der Waals surface area contributed by atoms with E-state index in [1.165, 1.54) is 18.3 Å². The number of para-hydroxylation sites is 1. The topological polar surface area (TPSA) is 68.3 Å². The standard InChI is InChI=1S/C14H15ClN2O3S/c1-2-20-10-11-6-3-4-7-12(11)17-21(18,19)13-8-5-9-16-14(13)15/h3-9,17H,2,10H2,1H3. The van der Waals surface area contributed by atoms with Gasteiger partial charge in [0.05, 0.1) is 12.3 Å². The smallest absolute Gasteiger partial charge is 0.264 e. The molecule has 7 heteroatoms. The number of anilines is 1. The summed E-state index contributed by atoms with van der Waals surface area (Å²) in [6.07, 6.45) is 1.43. The molecule has 0 amide bonds. The number of hydrogen-bond donors (Lipinski definition) is 1. The lowest BCUT2D eigenvalue weighted by Gasteiger charge is -2.13. The van der Waals surface area contributed by atoms with Gasteiger partial charge in [-0.25, -0.2) is 13.4 Å². The zero-order valence-corrected chi connectivity index (χ0v) is 13.0. The van der Waals surface area contributed by atoms with Crippen molar-refractivity contribution < 1.29 is 13.2 Å². The zero-order valence-electron chi connectivity index (χ0n) is 11.4. The zero-order chi connectivity index (χ0) is 15.3. The molecule has 0 spiro atoms. The predicted octanol–water partition coefficient (Wildman–Crippen LogP) is 3.07. The van der Waals surface area contributed by atoms with Gasteiger partial charge in [0, 0.05) is 18.4 Å². The molecule has 0 bridgehead atoms. The van der Waals surface area contributed by atoms with Crippen LogP contribution in [0.1, 0.15) is 12.5 Å². The number of nitrogens with zero attached hydrogens (tertiary/aromatic N) is 1. The lowest BCUT2D eigenvalue weighted by Crippen LogP contribution is -2.15. The average Bonchev–Trinajstić information content (AvgIpc) is 2.46. The number of hydrogen-bond acceptors (Lipinski definition) is 4. The van der Waals surface area contributed by atoms with Gasteiger partial charge in [-0.2, -0.15) is 0 Å². The number of ether oxygens (including phenoxy) is 1.